The Kier molecular flexibility index (Phi) is 4.25. The van der Waals surface area contributed by atoms with E-state index in [2.05, 4.69) is 66.9 Å². The van der Waals surface area contributed by atoms with E-state index in [9.17, 15) is 0 Å². The van der Waals surface area contributed by atoms with Crippen LogP contribution in [0.25, 0.3) is 0 Å². The lowest BCUT2D eigenvalue weighted by Crippen LogP contribution is -2.15. The average Bonchev–Trinajstić information content (AvgIpc) is 3.25. The summed E-state index contributed by atoms with van der Waals surface area (Å²) < 4.78 is 0. The van der Waals surface area contributed by atoms with E-state index in [1.54, 1.807) is 0 Å². The van der Waals surface area contributed by atoms with Crippen LogP contribution in [0.15, 0.2) is 60.7 Å². The normalized spacial score (nSPS) is 21.6. The smallest absolute Gasteiger partial charge is 0.00796 e. The molecule has 0 bridgehead atoms. The van der Waals surface area contributed by atoms with E-state index in [-0.39, 0.29) is 7.92 Å². The molecular formula is C17H19PS. The van der Waals surface area contributed by atoms with Gasteiger partial charge in [-0.3, -0.25) is 0 Å². The molecule has 1 aliphatic rings. The Bertz CT molecular complexity index is 472. The summed E-state index contributed by atoms with van der Waals surface area (Å²) in [5.74, 6) is 0.932. The van der Waals surface area contributed by atoms with Gasteiger partial charge in [0, 0.05) is 5.25 Å². The second-order valence-electron chi connectivity index (χ2n) is 5.05. The predicted octanol–water partition coefficient (Wildman–Crippen LogP) is 3.87. The van der Waals surface area contributed by atoms with Crippen molar-refractivity contribution in [3.8, 4) is 0 Å². The van der Waals surface area contributed by atoms with Gasteiger partial charge in [-0.15, -0.1) is 0 Å². The van der Waals surface area contributed by atoms with Crippen LogP contribution >= 0.6 is 19.7 Å². The fourth-order valence-corrected chi connectivity index (χ4v) is 6.23. The fraction of sp³-hybridized carbons (Fsp3) is 0.294. The molecule has 0 nitrogen and oxygen atoms in total. The minimum atomic E-state index is -0.174. The van der Waals surface area contributed by atoms with Crippen molar-refractivity contribution in [3.05, 3.63) is 60.7 Å². The molecule has 2 heteroatoms. The first-order chi connectivity index (χ1) is 9.38. The Morgan fingerprint density at radius 3 is 1.89 bits per heavy atom. The Morgan fingerprint density at radius 1 is 0.947 bits per heavy atom. The first-order valence-corrected chi connectivity index (χ1v) is 9.60. The zero-order valence-electron chi connectivity index (χ0n) is 11.2. The highest BCUT2D eigenvalue weighted by Gasteiger charge is 2.38. The lowest BCUT2D eigenvalue weighted by atomic mass is 10.4. The van der Waals surface area contributed by atoms with Gasteiger partial charge in [-0.1, -0.05) is 60.7 Å². The molecule has 0 saturated heterocycles. The predicted molar refractivity (Wildman–Crippen MR) is 89.3 cm³/mol. The maximum atomic E-state index is 2.30. The highest BCUT2D eigenvalue weighted by Crippen LogP contribution is 2.48. The van der Waals surface area contributed by atoms with Gasteiger partial charge in [-0.05, 0) is 43.3 Å². The lowest BCUT2D eigenvalue weighted by Gasteiger charge is -2.18. The molecule has 0 aromatic heterocycles. The van der Waals surface area contributed by atoms with Crippen molar-refractivity contribution in [2.24, 2.45) is 5.92 Å². The van der Waals surface area contributed by atoms with Crippen LogP contribution < -0.4 is 10.6 Å². The molecule has 0 radical (unpaired) electrons. The molecule has 0 spiro atoms. The monoisotopic (exact) mass is 286 g/mol. The van der Waals surface area contributed by atoms with E-state index in [0.29, 0.717) is 0 Å². The average molecular weight is 286 g/mol. The topological polar surface area (TPSA) is 0 Å². The van der Waals surface area contributed by atoms with Crippen LogP contribution in [-0.2, 0) is 0 Å². The molecule has 0 heterocycles. The molecule has 3 rings (SSSR count). The van der Waals surface area contributed by atoms with Gasteiger partial charge in [0.2, 0.25) is 0 Å². The molecule has 0 N–H and O–H groups in total. The van der Waals surface area contributed by atoms with Gasteiger partial charge in [-0.25, -0.2) is 0 Å². The Labute approximate surface area is 121 Å². The molecule has 19 heavy (non-hydrogen) atoms. The van der Waals surface area contributed by atoms with Crippen molar-refractivity contribution < 1.29 is 0 Å². The van der Waals surface area contributed by atoms with Crippen molar-refractivity contribution >= 4 is 30.3 Å². The Hall–Kier alpha value is -0.780. The van der Waals surface area contributed by atoms with Gasteiger partial charge < -0.3 is 0 Å². The molecule has 1 saturated carbocycles. The first kappa shape index (κ1) is 13.2. The van der Waals surface area contributed by atoms with Crippen LogP contribution in [0, 0.1) is 5.92 Å². The zero-order valence-corrected chi connectivity index (χ0v) is 12.9. The van der Waals surface area contributed by atoms with E-state index < -0.39 is 0 Å². The second-order valence-corrected chi connectivity index (χ2v) is 8.38. The molecule has 0 unspecified atom stereocenters. The third-order valence-corrected chi connectivity index (χ3v) is 7.57. The van der Waals surface area contributed by atoms with Crippen LogP contribution in [0.5, 0.6) is 0 Å². The maximum absolute atomic E-state index is 2.30. The number of thioether (sulfide) groups is 1. The van der Waals surface area contributed by atoms with Gasteiger partial charge in [0.05, 0.1) is 0 Å². The highest BCUT2D eigenvalue weighted by atomic mass is 32.2. The summed E-state index contributed by atoms with van der Waals surface area (Å²) in [7, 11) is -0.174. The van der Waals surface area contributed by atoms with Crippen molar-refractivity contribution in [2.45, 2.75) is 11.7 Å². The fourth-order valence-electron chi connectivity index (χ4n) is 2.51. The number of benzene rings is 2. The summed E-state index contributed by atoms with van der Waals surface area (Å²) in [4.78, 5) is 0. The number of hydrogen-bond donors (Lipinski definition) is 0. The summed E-state index contributed by atoms with van der Waals surface area (Å²) in [5.41, 5.74) is 0. The minimum absolute atomic E-state index is 0.174. The SMILES string of the molecule is CS[C@@H]1C[C@@H]1CP(c1ccccc1)c1ccccc1. The van der Waals surface area contributed by atoms with Gasteiger partial charge in [0.1, 0.15) is 0 Å². The Morgan fingerprint density at radius 2 is 1.47 bits per heavy atom. The first-order valence-electron chi connectivity index (χ1n) is 6.79. The van der Waals surface area contributed by atoms with E-state index >= 15 is 0 Å². The van der Waals surface area contributed by atoms with Crippen molar-refractivity contribution in [3.63, 3.8) is 0 Å². The molecule has 2 aromatic rings. The van der Waals surface area contributed by atoms with Crippen LogP contribution in [0.1, 0.15) is 6.42 Å². The van der Waals surface area contributed by atoms with Crippen LogP contribution in [0.4, 0.5) is 0 Å². The summed E-state index contributed by atoms with van der Waals surface area (Å²) in [6, 6.07) is 22.1. The van der Waals surface area contributed by atoms with Gasteiger partial charge in [-0.2, -0.15) is 11.8 Å². The molecular weight excluding hydrogens is 267 g/mol. The molecule has 0 aliphatic heterocycles. The highest BCUT2D eigenvalue weighted by molar-refractivity contribution is 7.99. The maximum Gasteiger partial charge on any atom is 0.00796 e. The van der Waals surface area contributed by atoms with Crippen molar-refractivity contribution in [1.29, 1.82) is 0 Å². The second kappa shape index (κ2) is 6.11. The van der Waals surface area contributed by atoms with Gasteiger partial charge in [0.25, 0.3) is 0 Å². The largest absolute Gasteiger partial charge is 0.162 e. The van der Waals surface area contributed by atoms with Gasteiger partial charge >= 0.3 is 0 Å². The quantitative estimate of drug-likeness (QED) is 0.752. The number of rotatable bonds is 5. The summed E-state index contributed by atoms with van der Waals surface area (Å²) in [6.07, 6.45) is 5.02. The van der Waals surface area contributed by atoms with Crippen molar-refractivity contribution in [1.82, 2.24) is 0 Å². The summed E-state index contributed by atoms with van der Waals surface area (Å²) in [5, 5.41) is 3.96. The molecule has 0 amide bonds. The van der Waals surface area contributed by atoms with E-state index in [1.165, 1.54) is 23.2 Å². The minimum Gasteiger partial charge on any atom is -0.162 e. The van der Waals surface area contributed by atoms with E-state index in [0.717, 1.165) is 11.2 Å². The van der Waals surface area contributed by atoms with Crippen LogP contribution in [0.2, 0.25) is 0 Å². The third-order valence-electron chi connectivity index (χ3n) is 3.71. The third kappa shape index (κ3) is 3.22. The molecule has 2 aromatic carbocycles. The Balaban J connectivity index is 1.84. The molecule has 2 atom stereocenters. The van der Waals surface area contributed by atoms with Crippen LogP contribution in [-0.4, -0.2) is 17.7 Å². The molecule has 1 fully saturated rings. The van der Waals surface area contributed by atoms with E-state index in [4.69, 9.17) is 0 Å². The van der Waals surface area contributed by atoms with Crippen LogP contribution in [0.3, 0.4) is 0 Å². The molecule has 1 aliphatic carbocycles. The zero-order chi connectivity index (χ0) is 13.1. The number of hydrogen-bond acceptors (Lipinski definition) is 1. The molecule has 98 valence electrons. The standard InChI is InChI=1S/C17H19PS/c1-19-17-12-14(17)13-18(15-8-4-2-5-9-15)16-10-6-3-7-11-16/h2-11,14,17H,12-13H2,1H3/t14-,17-/m1/s1. The lowest BCUT2D eigenvalue weighted by molar-refractivity contribution is 1.00. The van der Waals surface area contributed by atoms with E-state index in [1.807, 2.05) is 11.8 Å². The van der Waals surface area contributed by atoms with Crippen molar-refractivity contribution in [2.75, 3.05) is 12.4 Å². The van der Waals surface area contributed by atoms with Gasteiger partial charge in [0.15, 0.2) is 0 Å². The summed E-state index contributed by atoms with van der Waals surface area (Å²) in [6.45, 7) is 0. The summed E-state index contributed by atoms with van der Waals surface area (Å²) >= 11 is 2.04.